The van der Waals surface area contributed by atoms with E-state index in [0.29, 0.717) is 25.1 Å². The van der Waals surface area contributed by atoms with Gasteiger partial charge < -0.3 is 21.5 Å². The molecule has 0 saturated carbocycles. The van der Waals surface area contributed by atoms with E-state index in [-0.39, 0.29) is 17.7 Å². The van der Waals surface area contributed by atoms with Crippen LogP contribution in [0.5, 0.6) is 5.75 Å². The van der Waals surface area contributed by atoms with Gasteiger partial charge in [0, 0.05) is 18.7 Å². The lowest BCUT2D eigenvalue weighted by Crippen LogP contribution is -2.51. The number of hydrogen-bond acceptors (Lipinski definition) is 5. The van der Waals surface area contributed by atoms with Crippen molar-refractivity contribution in [2.45, 2.75) is 37.9 Å². The molecule has 0 aliphatic carbocycles. The van der Waals surface area contributed by atoms with Gasteiger partial charge in [-0.2, -0.15) is 0 Å². The van der Waals surface area contributed by atoms with Crippen molar-refractivity contribution in [2.75, 3.05) is 13.7 Å². The Morgan fingerprint density at radius 1 is 1.23 bits per heavy atom. The molecule has 0 spiro atoms. The topological polar surface area (TPSA) is 135 Å². The highest BCUT2D eigenvalue weighted by atomic mass is 16.5. The van der Waals surface area contributed by atoms with Crippen LogP contribution in [0.3, 0.4) is 0 Å². The second kappa shape index (κ2) is 9.61. The molecule has 2 aromatic rings. The van der Waals surface area contributed by atoms with Gasteiger partial charge in [-0.1, -0.05) is 36.4 Å². The highest BCUT2D eigenvalue weighted by Gasteiger charge is 2.40. The number of ether oxygens (including phenoxy) is 1. The first-order valence-electron chi connectivity index (χ1n) is 10.2. The SMILES string of the molecule is COc1cccc(C2CC(C(N)=O)N([C@@H](C)C(=O)NCc3ccc(C(=N)N)cc3)C2)c1. The first-order valence-corrected chi connectivity index (χ1v) is 10.2. The molecular weight excluding hydrogens is 394 g/mol. The number of nitrogens with zero attached hydrogens (tertiary/aromatic N) is 1. The van der Waals surface area contributed by atoms with E-state index in [2.05, 4.69) is 5.32 Å². The molecule has 8 nitrogen and oxygen atoms in total. The first kappa shape index (κ1) is 22.3. The van der Waals surface area contributed by atoms with Crippen LogP contribution in [0.1, 0.15) is 36.0 Å². The fraction of sp³-hybridized carbons (Fsp3) is 0.348. The zero-order valence-electron chi connectivity index (χ0n) is 17.8. The summed E-state index contributed by atoms with van der Waals surface area (Å²) in [5.74, 6) is 0.245. The van der Waals surface area contributed by atoms with Crippen LogP contribution in [0.4, 0.5) is 0 Å². The third-order valence-corrected chi connectivity index (χ3v) is 5.84. The molecule has 1 aliphatic heterocycles. The van der Waals surface area contributed by atoms with Gasteiger partial charge >= 0.3 is 0 Å². The van der Waals surface area contributed by atoms with Crippen LogP contribution in [-0.4, -0.2) is 48.3 Å². The van der Waals surface area contributed by atoms with Crippen molar-refractivity contribution in [2.24, 2.45) is 11.5 Å². The maximum atomic E-state index is 12.8. The van der Waals surface area contributed by atoms with Gasteiger partial charge in [0.15, 0.2) is 0 Å². The summed E-state index contributed by atoms with van der Waals surface area (Å²) in [6, 6.07) is 13.9. The van der Waals surface area contributed by atoms with E-state index in [0.717, 1.165) is 16.9 Å². The minimum Gasteiger partial charge on any atom is -0.497 e. The van der Waals surface area contributed by atoms with E-state index in [1.54, 1.807) is 26.2 Å². The summed E-state index contributed by atoms with van der Waals surface area (Å²) in [4.78, 5) is 26.8. The number of rotatable bonds is 8. The van der Waals surface area contributed by atoms with Gasteiger partial charge in [0.1, 0.15) is 11.6 Å². The van der Waals surface area contributed by atoms with Crippen molar-refractivity contribution in [3.63, 3.8) is 0 Å². The summed E-state index contributed by atoms with van der Waals surface area (Å²) in [5, 5.41) is 10.4. The third-order valence-electron chi connectivity index (χ3n) is 5.84. The van der Waals surface area contributed by atoms with Crippen molar-refractivity contribution in [1.29, 1.82) is 5.41 Å². The normalized spacial score (nSPS) is 19.5. The number of nitrogens with one attached hydrogen (secondary N) is 2. The Labute approximate surface area is 182 Å². The molecule has 8 heteroatoms. The Kier molecular flexibility index (Phi) is 6.91. The molecule has 6 N–H and O–H groups in total. The number of amides is 2. The molecule has 1 saturated heterocycles. The smallest absolute Gasteiger partial charge is 0.237 e. The minimum atomic E-state index is -0.510. The van der Waals surface area contributed by atoms with Crippen LogP contribution < -0.4 is 21.5 Å². The molecule has 1 heterocycles. The molecule has 164 valence electrons. The Hall–Kier alpha value is -3.39. The van der Waals surface area contributed by atoms with Gasteiger partial charge in [-0.15, -0.1) is 0 Å². The number of primary amides is 1. The molecule has 2 unspecified atom stereocenters. The lowest BCUT2D eigenvalue weighted by molar-refractivity contribution is -0.129. The molecule has 2 amide bonds. The molecule has 0 aromatic heterocycles. The lowest BCUT2D eigenvalue weighted by Gasteiger charge is -2.28. The number of methoxy groups -OCH3 is 1. The molecule has 3 rings (SSSR count). The first-order chi connectivity index (χ1) is 14.8. The molecule has 1 aliphatic rings. The fourth-order valence-electron chi connectivity index (χ4n) is 4.00. The van der Waals surface area contributed by atoms with E-state index < -0.39 is 18.0 Å². The zero-order chi connectivity index (χ0) is 22.5. The second-order valence-corrected chi connectivity index (χ2v) is 7.83. The average Bonchev–Trinajstić information content (AvgIpc) is 3.23. The van der Waals surface area contributed by atoms with Crippen molar-refractivity contribution in [3.8, 4) is 5.75 Å². The van der Waals surface area contributed by atoms with Crippen LogP contribution in [0, 0.1) is 5.41 Å². The van der Waals surface area contributed by atoms with Gasteiger partial charge in [-0.25, -0.2) is 0 Å². The second-order valence-electron chi connectivity index (χ2n) is 7.83. The zero-order valence-corrected chi connectivity index (χ0v) is 17.8. The van der Waals surface area contributed by atoms with Gasteiger partial charge in [-0.05, 0) is 42.5 Å². The molecule has 3 atom stereocenters. The highest BCUT2D eigenvalue weighted by molar-refractivity contribution is 5.94. The van der Waals surface area contributed by atoms with Crippen LogP contribution in [0.15, 0.2) is 48.5 Å². The minimum absolute atomic E-state index is 0.00123. The quantitative estimate of drug-likeness (QED) is 0.375. The Balaban J connectivity index is 1.66. The number of carbonyl (C=O) groups is 2. The van der Waals surface area contributed by atoms with Crippen LogP contribution >= 0.6 is 0 Å². The maximum absolute atomic E-state index is 12.8. The number of nitrogen functional groups attached to an aromatic ring is 1. The highest BCUT2D eigenvalue weighted by Crippen LogP contribution is 2.34. The van der Waals surface area contributed by atoms with E-state index in [4.69, 9.17) is 21.6 Å². The summed E-state index contributed by atoms with van der Waals surface area (Å²) in [6.45, 7) is 2.69. The molecule has 0 bridgehead atoms. The van der Waals surface area contributed by atoms with Gasteiger partial charge in [0.05, 0.1) is 19.2 Å². The monoisotopic (exact) mass is 423 g/mol. The molecule has 0 radical (unpaired) electrons. The third kappa shape index (κ3) is 5.21. The molecule has 31 heavy (non-hydrogen) atoms. The molecule has 2 aromatic carbocycles. The van der Waals surface area contributed by atoms with E-state index in [9.17, 15) is 9.59 Å². The van der Waals surface area contributed by atoms with E-state index in [1.807, 2.05) is 41.3 Å². The summed E-state index contributed by atoms with van der Waals surface area (Å²) < 4.78 is 5.31. The van der Waals surface area contributed by atoms with Crippen molar-refractivity contribution in [1.82, 2.24) is 10.2 Å². The largest absolute Gasteiger partial charge is 0.497 e. The number of benzene rings is 2. The summed E-state index contributed by atoms with van der Waals surface area (Å²) >= 11 is 0. The lowest BCUT2D eigenvalue weighted by atomic mass is 9.96. The number of amidine groups is 1. The van der Waals surface area contributed by atoms with Gasteiger partial charge in [-0.3, -0.25) is 19.9 Å². The maximum Gasteiger partial charge on any atom is 0.237 e. The Bertz CT molecular complexity index is 960. The summed E-state index contributed by atoms with van der Waals surface area (Å²) in [5.41, 5.74) is 13.7. The Morgan fingerprint density at radius 3 is 2.55 bits per heavy atom. The number of nitrogens with two attached hydrogens (primary N) is 2. The number of hydrogen-bond donors (Lipinski definition) is 4. The standard InChI is InChI=1S/C23H29N5O3/c1-14(23(30)27-12-15-6-8-16(9-7-15)21(24)25)28-13-18(11-20(28)22(26)29)17-4-3-5-19(10-17)31-2/h3-10,14,18,20H,11-13H2,1-2H3,(H3,24,25)(H2,26,29)(H,27,30)/t14-,18?,20?/m0/s1. The van der Waals surface area contributed by atoms with Crippen LogP contribution in [-0.2, 0) is 16.1 Å². The van der Waals surface area contributed by atoms with E-state index in [1.165, 1.54) is 0 Å². The average molecular weight is 424 g/mol. The van der Waals surface area contributed by atoms with Crippen LogP contribution in [0.25, 0.3) is 0 Å². The summed E-state index contributed by atoms with van der Waals surface area (Å²) in [7, 11) is 1.62. The van der Waals surface area contributed by atoms with E-state index >= 15 is 0 Å². The van der Waals surface area contributed by atoms with Crippen molar-refractivity contribution < 1.29 is 14.3 Å². The predicted octanol–water partition coefficient (Wildman–Crippen LogP) is 1.33. The number of carbonyl (C=O) groups excluding carboxylic acids is 2. The van der Waals surface area contributed by atoms with Gasteiger partial charge in [0.25, 0.3) is 0 Å². The predicted molar refractivity (Wildman–Crippen MR) is 119 cm³/mol. The van der Waals surface area contributed by atoms with Crippen LogP contribution in [0.2, 0.25) is 0 Å². The Morgan fingerprint density at radius 2 is 1.94 bits per heavy atom. The fourth-order valence-corrected chi connectivity index (χ4v) is 4.00. The van der Waals surface area contributed by atoms with Gasteiger partial charge in [0.2, 0.25) is 11.8 Å². The summed E-state index contributed by atoms with van der Waals surface area (Å²) in [6.07, 6.45) is 0.562. The van der Waals surface area contributed by atoms with Crippen molar-refractivity contribution >= 4 is 17.6 Å². The number of likely N-dealkylation sites (tertiary alicyclic amines) is 1. The molecule has 1 fully saturated rings. The van der Waals surface area contributed by atoms with Crippen molar-refractivity contribution in [3.05, 3.63) is 65.2 Å². The molecular formula is C23H29N5O3.